The second-order valence-corrected chi connectivity index (χ2v) is 10.1. The number of carbonyl (C=O) groups excluding carboxylic acids is 2. The quantitative estimate of drug-likeness (QED) is 0.621. The highest BCUT2D eigenvalue weighted by atomic mass is 16.2. The maximum atomic E-state index is 12.7. The molecular weight excluding hydrogens is 424 g/mol. The molecule has 1 aliphatic heterocycles. The summed E-state index contributed by atoms with van der Waals surface area (Å²) in [6, 6.07) is 12.4. The van der Waals surface area contributed by atoms with Gasteiger partial charge in [-0.3, -0.25) is 14.5 Å². The number of aryl methyl sites for hydroxylation is 2. The zero-order chi connectivity index (χ0) is 24.1. The molecule has 2 N–H and O–H groups in total. The van der Waals surface area contributed by atoms with Crippen molar-refractivity contribution in [2.45, 2.75) is 77.8 Å². The van der Waals surface area contributed by atoms with Crippen molar-refractivity contribution in [3.63, 3.8) is 0 Å². The number of piperidine rings is 1. The first-order chi connectivity index (χ1) is 16.4. The average Bonchev–Trinajstić information content (AvgIpc) is 2.84. The van der Waals surface area contributed by atoms with Crippen molar-refractivity contribution in [2.75, 3.05) is 18.4 Å². The molecule has 4 rings (SSSR count). The van der Waals surface area contributed by atoms with E-state index in [1.165, 1.54) is 19.3 Å². The van der Waals surface area contributed by atoms with Crippen molar-refractivity contribution in [1.29, 1.82) is 0 Å². The summed E-state index contributed by atoms with van der Waals surface area (Å²) < 4.78 is 0. The Morgan fingerprint density at radius 3 is 2.44 bits per heavy atom. The molecule has 2 aromatic rings. The Bertz CT molecular complexity index is 987. The van der Waals surface area contributed by atoms with Crippen LogP contribution in [0.25, 0.3) is 0 Å². The number of nitrogens with one attached hydrogen (secondary N) is 2. The normalized spacial score (nSPS) is 18.9. The van der Waals surface area contributed by atoms with E-state index in [2.05, 4.69) is 33.5 Å². The molecule has 2 heterocycles. The fraction of sp³-hybridized carbons (Fsp3) is 0.536. The van der Waals surface area contributed by atoms with Crippen LogP contribution in [0.4, 0.5) is 5.69 Å². The maximum Gasteiger partial charge on any atom is 0.274 e. The molecule has 2 fully saturated rings. The van der Waals surface area contributed by atoms with Crippen molar-refractivity contribution in [3.05, 3.63) is 58.9 Å². The summed E-state index contributed by atoms with van der Waals surface area (Å²) in [5.41, 5.74) is 4.23. The van der Waals surface area contributed by atoms with Crippen LogP contribution in [0.15, 0.2) is 36.4 Å². The third kappa shape index (κ3) is 6.23. The van der Waals surface area contributed by atoms with Gasteiger partial charge in [0.15, 0.2) is 0 Å². The largest absolute Gasteiger partial charge is 0.353 e. The first-order valence-electron chi connectivity index (χ1n) is 12.8. The number of hydrogen-bond acceptors (Lipinski definition) is 4. The van der Waals surface area contributed by atoms with E-state index in [0.29, 0.717) is 11.7 Å². The molecule has 0 radical (unpaired) electrons. The predicted octanol–water partition coefficient (Wildman–Crippen LogP) is 5.17. The summed E-state index contributed by atoms with van der Waals surface area (Å²) in [6.07, 6.45) is 7.84. The van der Waals surface area contributed by atoms with Gasteiger partial charge in [0.05, 0.1) is 0 Å². The third-order valence-corrected chi connectivity index (χ3v) is 7.36. The summed E-state index contributed by atoms with van der Waals surface area (Å²) >= 11 is 0. The van der Waals surface area contributed by atoms with Gasteiger partial charge in [0.25, 0.3) is 5.91 Å². The van der Waals surface area contributed by atoms with Crippen LogP contribution in [0, 0.1) is 19.8 Å². The van der Waals surface area contributed by atoms with Gasteiger partial charge in [-0.25, -0.2) is 4.98 Å². The summed E-state index contributed by atoms with van der Waals surface area (Å²) in [7, 11) is 0. The highest BCUT2D eigenvalue weighted by molar-refractivity contribution is 6.03. The summed E-state index contributed by atoms with van der Waals surface area (Å²) in [6.45, 7) is 7.89. The lowest BCUT2D eigenvalue weighted by Crippen LogP contribution is -2.44. The van der Waals surface area contributed by atoms with Crippen LogP contribution in [0.1, 0.15) is 85.2 Å². The van der Waals surface area contributed by atoms with Gasteiger partial charge in [-0.05, 0) is 94.9 Å². The lowest BCUT2D eigenvalue weighted by Gasteiger charge is -2.36. The van der Waals surface area contributed by atoms with E-state index in [4.69, 9.17) is 0 Å². The average molecular weight is 463 g/mol. The highest BCUT2D eigenvalue weighted by Crippen LogP contribution is 2.29. The summed E-state index contributed by atoms with van der Waals surface area (Å²) in [4.78, 5) is 32.3. The molecule has 1 aromatic carbocycles. The Morgan fingerprint density at radius 1 is 1.00 bits per heavy atom. The van der Waals surface area contributed by atoms with Crippen LogP contribution in [0.3, 0.4) is 0 Å². The van der Waals surface area contributed by atoms with E-state index < -0.39 is 0 Å². The van der Waals surface area contributed by atoms with E-state index in [0.717, 1.165) is 61.3 Å². The third-order valence-electron chi connectivity index (χ3n) is 7.36. The van der Waals surface area contributed by atoms with E-state index in [1.54, 1.807) is 0 Å². The molecule has 182 valence electrons. The molecule has 1 aromatic heterocycles. The van der Waals surface area contributed by atoms with Gasteiger partial charge in [0.2, 0.25) is 5.91 Å². The van der Waals surface area contributed by atoms with Crippen molar-refractivity contribution < 1.29 is 9.59 Å². The molecule has 2 amide bonds. The number of rotatable bonds is 6. The van der Waals surface area contributed by atoms with E-state index in [9.17, 15) is 9.59 Å². The van der Waals surface area contributed by atoms with Crippen LogP contribution in [-0.2, 0) is 4.79 Å². The van der Waals surface area contributed by atoms with Gasteiger partial charge >= 0.3 is 0 Å². The monoisotopic (exact) mass is 462 g/mol. The number of amides is 2. The minimum Gasteiger partial charge on any atom is -0.353 e. The van der Waals surface area contributed by atoms with Crippen molar-refractivity contribution in [3.8, 4) is 0 Å². The smallest absolute Gasteiger partial charge is 0.274 e. The van der Waals surface area contributed by atoms with Gasteiger partial charge < -0.3 is 10.6 Å². The summed E-state index contributed by atoms with van der Waals surface area (Å²) in [5.74, 6) is 0.187. The molecule has 6 nitrogen and oxygen atoms in total. The zero-order valence-corrected chi connectivity index (χ0v) is 20.8. The first-order valence-corrected chi connectivity index (χ1v) is 12.8. The number of benzene rings is 1. The molecule has 1 saturated heterocycles. The maximum absolute atomic E-state index is 12.7. The van der Waals surface area contributed by atoms with Crippen molar-refractivity contribution >= 4 is 17.5 Å². The van der Waals surface area contributed by atoms with E-state index >= 15 is 0 Å². The van der Waals surface area contributed by atoms with E-state index in [1.807, 2.05) is 44.2 Å². The first kappa shape index (κ1) is 24.4. The number of likely N-dealkylation sites (tertiary alicyclic amines) is 1. The molecule has 2 aliphatic rings. The predicted molar refractivity (Wildman–Crippen MR) is 136 cm³/mol. The lowest BCUT2D eigenvalue weighted by molar-refractivity contribution is -0.127. The van der Waals surface area contributed by atoms with Crippen LogP contribution in [-0.4, -0.2) is 40.8 Å². The Labute approximate surface area is 203 Å². The minimum atomic E-state index is -0.193. The Balaban J connectivity index is 1.32. The SMILES string of the molecule is Cc1cc(C)nc(C(=O)Nc2cccc(C(C)N3CCC(C(=O)NC4CCCCC4)CC3)c2)c1. The Hall–Kier alpha value is -2.73. The molecule has 0 spiro atoms. The second kappa shape index (κ2) is 11.1. The molecule has 34 heavy (non-hydrogen) atoms. The molecule has 1 aliphatic carbocycles. The fourth-order valence-corrected chi connectivity index (χ4v) is 5.35. The van der Waals surface area contributed by atoms with Gasteiger partial charge in [0.1, 0.15) is 5.69 Å². The number of pyridine rings is 1. The van der Waals surface area contributed by atoms with Crippen molar-refractivity contribution in [1.82, 2.24) is 15.2 Å². The molecule has 0 bridgehead atoms. The lowest BCUT2D eigenvalue weighted by atomic mass is 9.91. The fourth-order valence-electron chi connectivity index (χ4n) is 5.35. The molecule has 1 unspecified atom stereocenters. The number of hydrogen-bond donors (Lipinski definition) is 2. The van der Waals surface area contributed by atoms with Crippen LogP contribution < -0.4 is 10.6 Å². The minimum absolute atomic E-state index is 0.126. The van der Waals surface area contributed by atoms with Gasteiger partial charge in [-0.2, -0.15) is 0 Å². The number of carbonyl (C=O) groups is 2. The zero-order valence-electron chi connectivity index (χ0n) is 20.8. The van der Waals surface area contributed by atoms with Crippen molar-refractivity contribution in [2.24, 2.45) is 5.92 Å². The highest BCUT2D eigenvalue weighted by Gasteiger charge is 2.29. The molecule has 6 heteroatoms. The Morgan fingerprint density at radius 2 is 1.74 bits per heavy atom. The molecular formula is C28H38N4O2. The van der Waals surface area contributed by atoms with Crippen LogP contribution >= 0.6 is 0 Å². The van der Waals surface area contributed by atoms with E-state index in [-0.39, 0.29) is 23.8 Å². The second-order valence-electron chi connectivity index (χ2n) is 10.1. The van der Waals surface area contributed by atoms with Gasteiger partial charge in [-0.1, -0.05) is 31.4 Å². The standard InChI is InChI=1S/C28H38N4O2/c1-19-16-20(2)29-26(17-19)28(34)31-25-11-7-8-23(18-25)21(3)32-14-12-22(13-15-32)27(33)30-24-9-5-4-6-10-24/h7-8,11,16-18,21-22,24H,4-6,9-10,12-15H2,1-3H3,(H,30,33)(H,31,34). The summed E-state index contributed by atoms with van der Waals surface area (Å²) in [5, 5.41) is 6.31. The molecule has 1 atom stereocenters. The van der Waals surface area contributed by atoms with Gasteiger partial charge in [0, 0.05) is 29.4 Å². The number of anilines is 1. The number of nitrogens with zero attached hydrogens (tertiary/aromatic N) is 2. The topological polar surface area (TPSA) is 74.3 Å². The van der Waals surface area contributed by atoms with Gasteiger partial charge in [-0.15, -0.1) is 0 Å². The molecule has 1 saturated carbocycles. The van der Waals surface area contributed by atoms with Crippen LogP contribution in [0.5, 0.6) is 0 Å². The number of aromatic nitrogens is 1. The van der Waals surface area contributed by atoms with Crippen LogP contribution in [0.2, 0.25) is 0 Å². The Kier molecular flexibility index (Phi) is 7.99.